The third-order valence-corrected chi connectivity index (χ3v) is 5.95. The van der Waals surface area contributed by atoms with Gasteiger partial charge in [0.15, 0.2) is 0 Å². The van der Waals surface area contributed by atoms with E-state index in [9.17, 15) is 0 Å². The van der Waals surface area contributed by atoms with Crippen LogP contribution in [0.2, 0.25) is 0 Å². The van der Waals surface area contributed by atoms with Crippen LogP contribution in [0.4, 0.5) is 11.9 Å². The van der Waals surface area contributed by atoms with Gasteiger partial charge in [-0.1, -0.05) is 95.3 Å². The highest BCUT2D eigenvalue weighted by molar-refractivity contribution is 5.79. The number of nitrogens with one attached hydrogen (secondary N) is 1. The summed E-state index contributed by atoms with van der Waals surface area (Å²) >= 11 is 0. The van der Waals surface area contributed by atoms with E-state index in [1.54, 1.807) is 0 Å². The molecule has 170 valence electrons. The van der Waals surface area contributed by atoms with Crippen molar-refractivity contribution in [3.05, 3.63) is 120 Å². The monoisotopic (exact) mass is 457 g/mol. The molecule has 0 saturated heterocycles. The van der Waals surface area contributed by atoms with Crippen LogP contribution in [-0.4, -0.2) is 19.1 Å². The second-order valence-corrected chi connectivity index (χ2v) is 8.28. The van der Waals surface area contributed by atoms with Gasteiger partial charge in [-0.2, -0.15) is 0 Å². The third-order valence-electron chi connectivity index (χ3n) is 5.95. The van der Waals surface area contributed by atoms with E-state index >= 15 is 0 Å². The van der Waals surface area contributed by atoms with Crippen molar-refractivity contribution in [3.8, 4) is 0 Å². The summed E-state index contributed by atoms with van der Waals surface area (Å²) in [5.74, 6) is 1.16. The second kappa shape index (κ2) is 9.23. The molecule has 0 atom stereocenters. The number of para-hydroxylation sites is 4. The molecule has 0 aliphatic rings. The van der Waals surface area contributed by atoms with Crippen LogP contribution < -0.4 is 5.43 Å². The van der Waals surface area contributed by atoms with Crippen molar-refractivity contribution in [2.24, 2.45) is 10.3 Å². The molecule has 0 spiro atoms. The summed E-state index contributed by atoms with van der Waals surface area (Å²) in [6.07, 6.45) is 0. The smallest absolute Gasteiger partial charge is 0.252 e. The van der Waals surface area contributed by atoms with Gasteiger partial charge >= 0.3 is 0 Å². The van der Waals surface area contributed by atoms with E-state index in [-0.39, 0.29) is 0 Å². The van der Waals surface area contributed by atoms with E-state index in [0.717, 1.165) is 22.1 Å². The number of rotatable bonds is 7. The van der Waals surface area contributed by atoms with Crippen molar-refractivity contribution < 1.29 is 0 Å². The summed E-state index contributed by atoms with van der Waals surface area (Å²) in [5, 5.41) is 8.78. The summed E-state index contributed by atoms with van der Waals surface area (Å²) < 4.78 is 4.18. The Kier molecular flexibility index (Phi) is 5.48. The summed E-state index contributed by atoms with van der Waals surface area (Å²) in [7, 11) is 0. The lowest BCUT2D eigenvalue weighted by Gasteiger charge is -2.08. The van der Waals surface area contributed by atoms with Crippen molar-refractivity contribution in [2.45, 2.75) is 13.1 Å². The lowest BCUT2D eigenvalue weighted by atomic mass is 10.2. The van der Waals surface area contributed by atoms with Gasteiger partial charge in [0.1, 0.15) is 0 Å². The van der Waals surface area contributed by atoms with E-state index in [0.29, 0.717) is 25.0 Å². The van der Waals surface area contributed by atoms with E-state index in [2.05, 4.69) is 61.3 Å². The molecule has 1 N–H and O–H groups in total. The maximum absolute atomic E-state index is 4.74. The molecule has 0 fully saturated rings. The lowest BCUT2D eigenvalue weighted by molar-refractivity contribution is 0.801. The fourth-order valence-electron chi connectivity index (χ4n) is 4.26. The van der Waals surface area contributed by atoms with Crippen molar-refractivity contribution in [1.82, 2.24) is 19.1 Å². The standard InChI is InChI=1S/C28H23N7/c1-3-11-21(12-4-1)19-34-25-17-9-7-15-23(25)29-27(34)31-33-32-28-30-24-16-8-10-18-26(24)35(28)20-22-13-5-2-6-14-22/h1-18H,19-20H2,(H,29,30,31,32). The van der Waals surface area contributed by atoms with Gasteiger partial charge in [0.25, 0.3) is 5.95 Å². The van der Waals surface area contributed by atoms with Gasteiger partial charge in [-0.25, -0.2) is 15.4 Å². The zero-order valence-electron chi connectivity index (χ0n) is 19.0. The summed E-state index contributed by atoms with van der Waals surface area (Å²) in [4.78, 5) is 9.45. The van der Waals surface area contributed by atoms with E-state index in [1.165, 1.54) is 11.1 Å². The molecule has 4 aromatic carbocycles. The molecule has 35 heavy (non-hydrogen) atoms. The Hall–Kier alpha value is -4.78. The Morgan fingerprint density at radius 3 is 1.74 bits per heavy atom. The topological polar surface area (TPSA) is 72.4 Å². The largest absolute Gasteiger partial charge is 0.304 e. The number of nitrogens with zero attached hydrogens (tertiary/aromatic N) is 6. The fourth-order valence-corrected chi connectivity index (χ4v) is 4.26. The van der Waals surface area contributed by atoms with Gasteiger partial charge in [-0.15, -0.1) is 0 Å². The molecule has 2 heterocycles. The molecule has 0 radical (unpaired) electrons. The highest BCUT2D eigenvalue weighted by Gasteiger charge is 2.12. The summed E-state index contributed by atoms with van der Waals surface area (Å²) in [5.41, 5.74) is 9.25. The fraction of sp³-hybridized carbons (Fsp3) is 0.0714. The van der Waals surface area contributed by atoms with Crippen molar-refractivity contribution in [2.75, 3.05) is 5.43 Å². The third kappa shape index (κ3) is 4.27. The van der Waals surface area contributed by atoms with Gasteiger partial charge in [0.2, 0.25) is 5.95 Å². The minimum absolute atomic E-state index is 0.535. The van der Waals surface area contributed by atoms with Gasteiger partial charge in [0.05, 0.1) is 35.2 Å². The van der Waals surface area contributed by atoms with Crippen LogP contribution in [-0.2, 0) is 13.1 Å². The molecule has 0 aliphatic heterocycles. The predicted molar refractivity (Wildman–Crippen MR) is 139 cm³/mol. The number of aromatic nitrogens is 4. The average Bonchev–Trinajstić information content (AvgIpc) is 3.43. The second-order valence-electron chi connectivity index (χ2n) is 8.28. The molecule has 2 aromatic heterocycles. The first-order valence-corrected chi connectivity index (χ1v) is 11.5. The van der Waals surface area contributed by atoms with Crippen molar-refractivity contribution in [3.63, 3.8) is 0 Å². The molecule has 0 bridgehead atoms. The van der Waals surface area contributed by atoms with Gasteiger partial charge in [-0.05, 0) is 35.4 Å². The van der Waals surface area contributed by atoms with Gasteiger partial charge < -0.3 is 9.13 Å². The first-order chi connectivity index (χ1) is 17.3. The quantitative estimate of drug-likeness (QED) is 0.217. The first kappa shape index (κ1) is 20.8. The molecule has 0 unspecified atom stereocenters. The maximum Gasteiger partial charge on any atom is 0.252 e. The molecular formula is C28H23N7. The normalized spacial score (nSPS) is 11.5. The molecule has 6 aromatic rings. The summed E-state index contributed by atoms with van der Waals surface area (Å²) in [6.45, 7) is 1.33. The highest BCUT2D eigenvalue weighted by Crippen LogP contribution is 2.25. The Morgan fingerprint density at radius 1 is 0.571 bits per heavy atom. The lowest BCUT2D eigenvalue weighted by Crippen LogP contribution is -2.04. The van der Waals surface area contributed by atoms with Gasteiger partial charge in [-0.3, -0.25) is 0 Å². The first-order valence-electron chi connectivity index (χ1n) is 11.5. The number of benzene rings is 4. The summed E-state index contributed by atoms with van der Waals surface area (Å²) in [6, 6.07) is 36.7. The Morgan fingerprint density at radius 2 is 1.09 bits per heavy atom. The molecule has 0 amide bonds. The molecule has 7 nitrogen and oxygen atoms in total. The molecule has 7 heteroatoms. The minimum atomic E-state index is 0.535. The Balaban J connectivity index is 1.33. The van der Waals surface area contributed by atoms with Crippen molar-refractivity contribution in [1.29, 1.82) is 0 Å². The van der Waals surface area contributed by atoms with Gasteiger partial charge in [0, 0.05) is 0 Å². The zero-order chi connectivity index (χ0) is 23.5. The van der Waals surface area contributed by atoms with Crippen molar-refractivity contribution >= 4 is 34.0 Å². The molecule has 0 aliphatic carbocycles. The van der Waals surface area contributed by atoms with E-state index < -0.39 is 0 Å². The zero-order valence-corrected chi connectivity index (χ0v) is 19.0. The van der Waals surface area contributed by atoms with Crippen LogP contribution in [0, 0.1) is 0 Å². The van der Waals surface area contributed by atoms with Crippen LogP contribution in [0.1, 0.15) is 11.1 Å². The number of hydrogen-bond acceptors (Lipinski definition) is 4. The number of hydrogen-bond donors (Lipinski definition) is 1. The number of anilines is 1. The number of imidazole rings is 2. The maximum atomic E-state index is 4.74. The number of fused-ring (bicyclic) bond motifs is 2. The van der Waals surface area contributed by atoms with Crippen LogP contribution in [0.3, 0.4) is 0 Å². The molecule has 6 rings (SSSR count). The average molecular weight is 458 g/mol. The Bertz CT molecular complexity index is 1620. The van der Waals surface area contributed by atoms with Crippen LogP contribution >= 0.6 is 0 Å². The predicted octanol–water partition coefficient (Wildman–Crippen LogP) is 6.59. The SMILES string of the molecule is c1ccc(Cn2c(N=NNc3nc4ccccc4n3Cc3ccccc3)nc3ccccc32)cc1. The Labute approximate surface area is 202 Å². The molecule has 0 saturated carbocycles. The minimum Gasteiger partial charge on any atom is -0.304 e. The molecular weight excluding hydrogens is 434 g/mol. The van der Waals surface area contributed by atoms with Crippen LogP contribution in [0.5, 0.6) is 0 Å². The van der Waals surface area contributed by atoms with E-state index in [1.807, 2.05) is 72.8 Å². The van der Waals surface area contributed by atoms with Crippen LogP contribution in [0.15, 0.2) is 120 Å². The highest BCUT2D eigenvalue weighted by atomic mass is 15.5. The van der Waals surface area contributed by atoms with E-state index in [4.69, 9.17) is 9.97 Å². The van der Waals surface area contributed by atoms with Crippen LogP contribution in [0.25, 0.3) is 22.1 Å².